The number of fused-ring (bicyclic) bond motifs is 1. The number of carbonyl (C=O) groups excluding carboxylic acids is 2. The van der Waals surface area contributed by atoms with Gasteiger partial charge in [-0.1, -0.05) is 30.3 Å². The lowest BCUT2D eigenvalue weighted by atomic mass is 9.96. The van der Waals surface area contributed by atoms with Crippen molar-refractivity contribution >= 4 is 11.9 Å². The number of esters is 2. The lowest BCUT2D eigenvalue weighted by Gasteiger charge is -2.20. The highest BCUT2D eigenvalue weighted by Gasteiger charge is 2.56. The number of methoxy groups -OCH3 is 2. The Bertz CT molecular complexity index is 665. The van der Waals surface area contributed by atoms with Crippen LogP contribution in [-0.2, 0) is 28.5 Å². The second-order valence-electron chi connectivity index (χ2n) is 5.71. The van der Waals surface area contributed by atoms with Gasteiger partial charge >= 0.3 is 11.9 Å². The number of benzene rings is 1. The third-order valence-electron chi connectivity index (χ3n) is 4.19. The van der Waals surface area contributed by atoms with Crippen molar-refractivity contribution in [2.75, 3.05) is 14.2 Å². The van der Waals surface area contributed by atoms with Crippen LogP contribution in [0.4, 0.5) is 0 Å². The van der Waals surface area contributed by atoms with Gasteiger partial charge in [0.2, 0.25) is 0 Å². The number of rotatable bonds is 3. The number of hydrogen-bond donors (Lipinski definition) is 0. The van der Waals surface area contributed by atoms with Crippen LogP contribution in [0.5, 0.6) is 0 Å². The SMILES string of the molecule is COC(=O)C1=C2O[C@@H](c3ccccc3)C[C@]2(C)O[C@@H]1C(=O)OC. The van der Waals surface area contributed by atoms with Gasteiger partial charge in [0, 0.05) is 6.42 Å². The molecule has 0 amide bonds. The first-order valence-corrected chi connectivity index (χ1v) is 7.30. The van der Waals surface area contributed by atoms with Gasteiger partial charge in [0.15, 0.2) is 6.10 Å². The summed E-state index contributed by atoms with van der Waals surface area (Å²) in [6, 6.07) is 9.66. The molecule has 2 heterocycles. The van der Waals surface area contributed by atoms with Gasteiger partial charge < -0.3 is 18.9 Å². The highest BCUT2D eigenvalue weighted by atomic mass is 16.6. The van der Waals surface area contributed by atoms with Crippen molar-refractivity contribution in [1.82, 2.24) is 0 Å². The van der Waals surface area contributed by atoms with E-state index in [2.05, 4.69) is 0 Å². The van der Waals surface area contributed by atoms with Crippen molar-refractivity contribution in [2.24, 2.45) is 0 Å². The molecule has 122 valence electrons. The van der Waals surface area contributed by atoms with E-state index in [4.69, 9.17) is 18.9 Å². The average molecular weight is 318 g/mol. The Balaban J connectivity index is 2.00. The topological polar surface area (TPSA) is 71.1 Å². The van der Waals surface area contributed by atoms with Gasteiger partial charge in [0.1, 0.15) is 23.0 Å². The summed E-state index contributed by atoms with van der Waals surface area (Å²) in [5.74, 6) is -0.935. The predicted octanol–water partition coefficient (Wildman–Crippen LogP) is 1.91. The molecule has 6 heteroatoms. The largest absolute Gasteiger partial charge is 0.486 e. The molecule has 3 rings (SSSR count). The molecule has 1 saturated heterocycles. The Hall–Kier alpha value is -2.34. The molecule has 0 aromatic heterocycles. The molecule has 0 radical (unpaired) electrons. The fourth-order valence-electron chi connectivity index (χ4n) is 3.08. The van der Waals surface area contributed by atoms with E-state index in [1.807, 2.05) is 30.3 Å². The summed E-state index contributed by atoms with van der Waals surface area (Å²) < 4.78 is 21.3. The molecule has 2 aliphatic rings. The summed E-state index contributed by atoms with van der Waals surface area (Å²) in [4.78, 5) is 24.1. The van der Waals surface area contributed by atoms with Crippen LogP contribution in [-0.4, -0.2) is 37.9 Å². The van der Waals surface area contributed by atoms with E-state index >= 15 is 0 Å². The van der Waals surface area contributed by atoms with E-state index in [1.165, 1.54) is 14.2 Å². The molecule has 0 saturated carbocycles. The van der Waals surface area contributed by atoms with Crippen LogP contribution in [0.3, 0.4) is 0 Å². The summed E-state index contributed by atoms with van der Waals surface area (Å²) in [6.45, 7) is 1.80. The molecule has 1 aromatic carbocycles. The van der Waals surface area contributed by atoms with Gasteiger partial charge in [-0.2, -0.15) is 0 Å². The predicted molar refractivity (Wildman–Crippen MR) is 79.2 cm³/mol. The van der Waals surface area contributed by atoms with Crippen molar-refractivity contribution in [2.45, 2.75) is 31.2 Å². The first-order valence-electron chi connectivity index (χ1n) is 7.30. The summed E-state index contributed by atoms with van der Waals surface area (Å²) in [6.07, 6.45) is -0.862. The van der Waals surface area contributed by atoms with Gasteiger partial charge in [-0.15, -0.1) is 0 Å². The number of ether oxygens (including phenoxy) is 4. The van der Waals surface area contributed by atoms with E-state index in [0.717, 1.165) is 5.56 Å². The molecular formula is C17H18O6. The lowest BCUT2D eigenvalue weighted by molar-refractivity contribution is -0.158. The maximum atomic E-state index is 12.1. The Labute approximate surface area is 134 Å². The van der Waals surface area contributed by atoms with Crippen LogP contribution in [0.25, 0.3) is 0 Å². The second-order valence-corrected chi connectivity index (χ2v) is 5.71. The van der Waals surface area contributed by atoms with Gasteiger partial charge in [-0.3, -0.25) is 0 Å². The zero-order valence-electron chi connectivity index (χ0n) is 13.2. The maximum absolute atomic E-state index is 12.1. The van der Waals surface area contributed by atoms with Crippen molar-refractivity contribution in [1.29, 1.82) is 0 Å². The van der Waals surface area contributed by atoms with E-state index in [0.29, 0.717) is 12.2 Å². The van der Waals surface area contributed by atoms with Gasteiger partial charge in [0.25, 0.3) is 0 Å². The van der Waals surface area contributed by atoms with Gasteiger partial charge in [-0.25, -0.2) is 9.59 Å². The normalized spacial score (nSPS) is 29.0. The molecule has 3 atom stereocenters. The molecule has 0 aliphatic carbocycles. The third kappa shape index (κ3) is 2.49. The van der Waals surface area contributed by atoms with Crippen molar-refractivity contribution < 1.29 is 28.5 Å². The van der Waals surface area contributed by atoms with Gasteiger partial charge in [0.05, 0.1) is 14.2 Å². The van der Waals surface area contributed by atoms with Crippen LogP contribution in [0.1, 0.15) is 25.0 Å². The van der Waals surface area contributed by atoms with Crippen LogP contribution in [0, 0.1) is 0 Å². The molecule has 1 aromatic rings. The molecule has 6 nitrogen and oxygen atoms in total. The molecule has 2 aliphatic heterocycles. The Morgan fingerprint density at radius 2 is 1.87 bits per heavy atom. The summed E-state index contributed by atoms with van der Waals surface area (Å²) in [5, 5.41) is 0. The summed E-state index contributed by atoms with van der Waals surface area (Å²) in [7, 11) is 2.50. The molecule has 23 heavy (non-hydrogen) atoms. The van der Waals surface area contributed by atoms with Crippen LogP contribution >= 0.6 is 0 Å². The monoisotopic (exact) mass is 318 g/mol. The Kier molecular flexibility index (Phi) is 3.85. The quantitative estimate of drug-likeness (QED) is 0.793. The van der Waals surface area contributed by atoms with Gasteiger partial charge in [-0.05, 0) is 12.5 Å². The number of hydrogen-bond acceptors (Lipinski definition) is 6. The minimum atomic E-state index is -1.12. The molecule has 0 unspecified atom stereocenters. The smallest absolute Gasteiger partial charge is 0.340 e. The van der Waals surface area contributed by atoms with E-state index < -0.39 is 23.6 Å². The molecule has 1 fully saturated rings. The minimum absolute atomic E-state index is 0.0836. The third-order valence-corrected chi connectivity index (χ3v) is 4.19. The fraction of sp³-hybridized carbons (Fsp3) is 0.412. The van der Waals surface area contributed by atoms with E-state index in [-0.39, 0.29) is 11.7 Å². The molecule has 0 bridgehead atoms. The van der Waals surface area contributed by atoms with E-state index in [1.54, 1.807) is 6.92 Å². The summed E-state index contributed by atoms with van der Waals surface area (Å²) >= 11 is 0. The van der Waals surface area contributed by atoms with Crippen LogP contribution in [0.2, 0.25) is 0 Å². The lowest BCUT2D eigenvalue weighted by Crippen LogP contribution is -2.33. The highest BCUT2D eigenvalue weighted by molar-refractivity contribution is 5.98. The Morgan fingerprint density at radius 1 is 1.17 bits per heavy atom. The van der Waals surface area contributed by atoms with Crippen LogP contribution in [0.15, 0.2) is 41.7 Å². The molecule has 0 N–H and O–H groups in total. The van der Waals surface area contributed by atoms with Crippen molar-refractivity contribution in [3.63, 3.8) is 0 Å². The zero-order valence-corrected chi connectivity index (χ0v) is 13.2. The average Bonchev–Trinajstić information content (AvgIpc) is 3.04. The first kappa shape index (κ1) is 15.6. The standard InChI is InChI=1S/C17H18O6/c1-17-9-11(10-7-5-4-6-8-10)22-14(17)12(15(18)20-2)13(23-17)16(19)21-3/h4-8,11,13H,9H2,1-3H3/t11-,13+,17+/m1/s1. The first-order chi connectivity index (χ1) is 11.0. The zero-order chi connectivity index (χ0) is 16.6. The maximum Gasteiger partial charge on any atom is 0.340 e. The highest BCUT2D eigenvalue weighted by Crippen LogP contribution is 2.51. The van der Waals surface area contributed by atoms with Crippen LogP contribution < -0.4 is 0 Å². The van der Waals surface area contributed by atoms with Crippen molar-refractivity contribution in [3.05, 3.63) is 47.2 Å². The fourth-order valence-corrected chi connectivity index (χ4v) is 3.08. The molecular weight excluding hydrogens is 300 g/mol. The second kappa shape index (κ2) is 5.70. The summed E-state index contributed by atoms with van der Waals surface area (Å²) in [5.41, 5.74) is 0.210. The molecule has 0 spiro atoms. The number of carbonyl (C=O) groups is 2. The Morgan fingerprint density at radius 3 is 2.48 bits per heavy atom. The minimum Gasteiger partial charge on any atom is -0.486 e. The van der Waals surface area contributed by atoms with Crippen molar-refractivity contribution in [3.8, 4) is 0 Å². The van der Waals surface area contributed by atoms with E-state index in [9.17, 15) is 9.59 Å².